The summed E-state index contributed by atoms with van der Waals surface area (Å²) in [7, 11) is 1.63. The van der Waals surface area contributed by atoms with E-state index in [-0.39, 0.29) is 12.1 Å². The van der Waals surface area contributed by atoms with Gasteiger partial charge < -0.3 is 34.5 Å². The Hall–Kier alpha value is -3.27. The third-order valence-electron chi connectivity index (χ3n) is 8.02. The second-order valence-electron chi connectivity index (χ2n) is 11.5. The number of halogens is 1. The predicted octanol–water partition coefficient (Wildman–Crippen LogP) is 6.88. The maximum absolute atomic E-state index is 12.1. The zero-order valence-corrected chi connectivity index (χ0v) is 25.5. The highest BCUT2D eigenvalue weighted by atomic mass is 35.5. The van der Waals surface area contributed by atoms with Crippen LogP contribution in [0.3, 0.4) is 0 Å². The topological polar surface area (TPSA) is 94.2 Å². The Morgan fingerprint density at radius 2 is 2.00 bits per heavy atom. The molecule has 1 aromatic heterocycles. The highest BCUT2D eigenvalue weighted by molar-refractivity contribution is 6.33. The van der Waals surface area contributed by atoms with E-state index in [0.717, 1.165) is 50.2 Å². The van der Waals surface area contributed by atoms with Crippen molar-refractivity contribution in [3.8, 4) is 23.0 Å². The number of anilines is 1. The lowest BCUT2D eigenvalue weighted by Crippen LogP contribution is -2.34. The molecular weight excluding hydrogens is 556 g/mol. The molecule has 1 atom stereocenters. The Kier molecular flexibility index (Phi) is 9.92. The normalized spacial score (nSPS) is 19.2. The Balaban J connectivity index is 1.20. The number of ether oxygens (including phenoxy) is 4. The fraction of sp³-hybridized carbons (Fsp3) is 0.500. The molecule has 42 heavy (non-hydrogen) atoms. The molecule has 1 unspecified atom stereocenters. The average molecular weight is 597 g/mol. The van der Waals surface area contributed by atoms with Crippen LogP contribution in [0.2, 0.25) is 5.02 Å². The van der Waals surface area contributed by atoms with Gasteiger partial charge in [-0.25, -0.2) is 4.79 Å². The van der Waals surface area contributed by atoms with E-state index < -0.39 is 0 Å². The number of nitrogens with zero attached hydrogens (tertiary/aromatic N) is 2. The number of urea groups is 1. The van der Waals surface area contributed by atoms with Crippen LogP contribution in [0.25, 0.3) is 10.9 Å². The first-order chi connectivity index (χ1) is 20.3. The highest BCUT2D eigenvalue weighted by Gasteiger charge is 2.36. The standard InChI is InChI=1S/C32H41ClN4O5/c1-22(2)35-31(38)36-26-7-6-23(18-25(26)33)42-28-8-12-34-27-20-30(29(39-3)19-24(27)28)41-16-5-14-37-13-4-9-32(10-15-37)11-17-40-21-32/h6-8,12,18-20,22H,4-5,9-11,13-17,21H2,1-3H3,(H2,35,36,38). The molecule has 5 rings (SSSR count). The van der Waals surface area contributed by atoms with Crippen molar-refractivity contribution >= 4 is 34.2 Å². The number of fused-ring (bicyclic) bond motifs is 1. The van der Waals surface area contributed by atoms with E-state index in [4.69, 9.17) is 30.5 Å². The number of rotatable bonds is 10. The number of carbonyl (C=O) groups is 1. The number of hydrogen-bond donors (Lipinski definition) is 2. The molecule has 0 aliphatic carbocycles. The second kappa shape index (κ2) is 13.8. The van der Waals surface area contributed by atoms with E-state index in [0.29, 0.717) is 45.7 Å². The predicted molar refractivity (Wildman–Crippen MR) is 165 cm³/mol. The lowest BCUT2D eigenvalue weighted by molar-refractivity contribution is 0.139. The van der Waals surface area contributed by atoms with Gasteiger partial charge in [-0.3, -0.25) is 4.98 Å². The fourth-order valence-corrected chi connectivity index (χ4v) is 5.96. The van der Waals surface area contributed by atoms with Crippen LogP contribution in [0.15, 0.2) is 42.6 Å². The van der Waals surface area contributed by atoms with Gasteiger partial charge in [-0.05, 0) is 88.7 Å². The molecule has 226 valence electrons. The summed E-state index contributed by atoms with van der Waals surface area (Å²) in [6.45, 7) is 9.52. The average Bonchev–Trinajstić information content (AvgIpc) is 3.33. The van der Waals surface area contributed by atoms with Gasteiger partial charge in [0.1, 0.15) is 11.5 Å². The van der Waals surface area contributed by atoms with Crippen LogP contribution >= 0.6 is 11.6 Å². The van der Waals surface area contributed by atoms with Gasteiger partial charge >= 0.3 is 6.03 Å². The summed E-state index contributed by atoms with van der Waals surface area (Å²) in [5, 5.41) is 6.67. The molecule has 2 amide bonds. The number of pyridine rings is 1. The quantitative estimate of drug-likeness (QED) is 0.246. The first-order valence-corrected chi connectivity index (χ1v) is 15.2. The lowest BCUT2D eigenvalue weighted by atomic mass is 9.80. The molecule has 2 aromatic carbocycles. The van der Waals surface area contributed by atoms with E-state index in [2.05, 4.69) is 20.5 Å². The smallest absolute Gasteiger partial charge is 0.319 e. The van der Waals surface area contributed by atoms with Gasteiger partial charge in [0, 0.05) is 42.9 Å². The Bertz CT molecular complexity index is 1380. The summed E-state index contributed by atoms with van der Waals surface area (Å²) in [5.74, 6) is 2.41. The van der Waals surface area contributed by atoms with Gasteiger partial charge in [-0.15, -0.1) is 0 Å². The van der Waals surface area contributed by atoms with E-state index in [1.54, 1.807) is 37.6 Å². The summed E-state index contributed by atoms with van der Waals surface area (Å²) < 4.78 is 23.8. The molecular formula is C32H41ClN4O5. The van der Waals surface area contributed by atoms with Gasteiger partial charge in [0.05, 0.1) is 36.6 Å². The molecule has 0 saturated carbocycles. The van der Waals surface area contributed by atoms with Crippen molar-refractivity contribution in [2.24, 2.45) is 5.41 Å². The number of likely N-dealkylation sites (tertiary alicyclic amines) is 1. The van der Waals surface area contributed by atoms with Crippen LogP contribution < -0.4 is 24.8 Å². The van der Waals surface area contributed by atoms with Crippen molar-refractivity contribution in [2.75, 3.05) is 51.9 Å². The number of methoxy groups -OCH3 is 1. The van der Waals surface area contributed by atoms with E-state index in [1.165, 1.54) is 25.7 Å². The molecule has 2 saturated heterocycles. The second-order valence-corrected chi connectivity index (χ2v) is 11.9. The first-order valence-electron chi connectivity index (χ1n) is 14.8. The number of amides is 2. The zero-order valence-electron chi connectivity index (χ0n) is 24.7. The van der Waals surface area contributed by atoms with Crippen LogP contribution in [-0.4, -0.2) is 68.5 Å². The minimum Gasteiger partial charge on any atom is -0.493 e. The van der Waals surface area contributed by atoms with Crippen LogP contribution in [0.4, 0.5) is 10.5 Å². The van der Waals surface area contributed by atoms with Gasteiger partial charge in [-0.1, -0.05) is 11.6 Å². The molecule has 2 fully saturated rings. The van der Waals surface area contributed by atoms with E-state index in [1.807, 2.05) is 26.0 Å². The maximum atomic E-state index is 12.1. The van der Waals surface area contributed by atoms with Gasteiger partial charge in [0.15, 0.2) is 11.5 Å². The fourth-order valence-electron chi connectivity index (χ4n) is 5.75. The third-order valence-corrected chi connectivity index (χ3v) is 8.34. The molecule has 9 nitrogen and oxygen atoms in total. The van der Waals surface area contributed by atoms with Gasteiger partial charge in [0.2, 0.25) is 0 Å². The summed E-state index contributed by atoms with van der Waals surface area (Å²) >= 11 is 6.43. The minimum atomic E-state index is -0.319. The lowest BCUT2D eigenvalue weighted by Gasteiger charge is -2.25. The molecule has 1 spiro atoms. The summed E-state index contributed by atoms with van der Waals surface area (Å²) in [6.07, 6.45) is 7.59. The first kappa shape index (κ1) is 30.2. The Labute approximate surface area is 252 Å². The van der Waals surface area contributed by atoms with Gasteiger partial charge in [0.25, 0.3) is 0 Å². The molecule has 0 radical (unpaired) electrons. The molecule has 10 heteroatoms. The van der Waals surface area contributed by atoms with Crippen molar-refractivity contribution in [3.05, 3.63) is 47.6 Å². The number of benzene rings is 2. The largest absolute Gasteiger partial charge is 0.493 e. The van der Waals surface area contributed by atoms with Gasteiger partial charge in [-0.2, -0.15) is 0 Å². The molecule has 3 aromatic rings. The summed E-state index contributed by atoms with van der Waals surface area (Å²) in [6, 6.07) is 10.4. The number of hydrogen-bond acceptors (Lipinski definition) is 7. The summed E-state index contributed by atoms with van der Waals surface area (Å²) in [4.78, 5) is 19.2. The van der Waals surface area contributed by atoms with Crippen LogP contribution in [0.5, 0.6) is 23.0 Å². The number of carbonyl (C=O) groups excluding carboxylic acids is 1. The van der Waals surface area contributed by atoms with Crippen molar-refractivity contribution < 1.29 is 23.7 Å². The molecule has 3 heterocycles. The summed E-state index contributed by atoms with van der Waals surface area (Å²) in [5.41, 5.74) is 1.64. The Morgan fingerprint density at radius 1 is 1.12 bits per heavy atom. The van der Waals surface area contributed by atoms with E-state index >= 15 is 0 Å². The Morgan fingerprint density at radius 3 is 2.76 bits per heavy atom. The molecule has 2 aliphatic rings. The van der Waals surface area contributed by atoms with Crippen LogP contribution in [0.1, 0.15) is 46.0 Å². The van der Waals surface area contributed by atoms with Crippen molar-refractivity contribution in [1.82, 2.24) is 15.2 Å². The molecule has 0 bridgehead atoms. The van der Waals surface area contributed by atoms with E-state index in [9.17, 15) is 4.79 Å². The van der Waals surface area contributed by atoms with Crippen molar-refractivity contribution in [1.29, 1.82) is 0 Å². The molecule has 2 aliphatic heterocycles. The van der Waals surface area contributed by atoms with Crippen molar-refractivity contribution in [3.63, 3.8) is 0 Å². The third kappa shape index (κ3) is 7.56. The zero-order chi connectivity index (χ0) is 29.5. The highest BCUT2D eigenvalue weighted by Crippen LogP contribution is 2.40. The van der Waals surface area contributed by atoms with Crippen LogP contribution in [-0.2, 0) is 4.74 Å². The van der Waals surface area contributed by atoms with Crippen molar-refractivity contribution in [2.45, 2.75) is 52.0 Å². The van der Waals surface area contributed by atoms with Crippen LogP contribution in [0, 0.1) is 5.41 Å². The molecule has 2 N–H and O–H groups in total. The monoisotopic (exact) mass is 596 g/mol. The maximum Gasteiger partial charge on any atom is 0.319 e. The number of aromatic nitrogens is 1. The SMILES string of the molecule is COc1cc2c(Oc3ccc(NC(=O)NC(C)C)c(Cl)c3)ccnc2cc1OCCCN1CCCC2(CCOC2)CC1. The minimum absolute atomic E-state index is 0.0129. The number of nitrogens with one attached hydrogen (secondary N) is 2.